The maximum absolute atomic E-state index is 6.31. The molecule has 0 aliphatic carbocycles. The van der Waals surface area contributed by atoms with Gasteiger partial charge in [0, 0.05) is 6.04 Å². The maximum atomic E-state index is 6.31. The molecule has 2 heterocycles. The number of nitrogens with one attached hydrogen (secondary N) is 1. The van der Waals surface area contributed by atoms with E-state index in [2.05, 4.69) is 41.9 Å². The van der Waals surface area contributed by atoms with E-state index in [0.717, 1.165) is 5.69 Å². The van der Waals surface area contributed by atoms with E-state index < -0.39 is 0 Å². The standard InChI is InChI=1S/C13H18ClN3S/c1-8(2)17-13(11(14)5-16-17)12(15-4)10-7-18-6-9(10)3/h5-8,12,15H,1-4H3. The fraction of sp³-hybridized carbons (Fsp3) is 0.462. The van der Waals surface area contributed by atoms with Crippen LogP contribution in [0.1, 0.15) is 42.8 Å². The molecule has 0 spiro atoms. The number of aromatic nitrogens is 2. The van der Waals surface area contributed by atoms with Crippen molar-refractivity contribution >= 4 is 22.9 Å². The average Bonchev–Trinajstić information content (AvgIpc) is 2.89. The molecule has 0 aromatic carbocycles. The van der Waals surface area contributed by atoms with E-state index in [4.69, 9.17) is 11.6 Å². The topological polar surface area (TPSA) is 29.9 Å². The maximum Gasteiger partial charge on any atom is 0.0837 e. The average molecular weight is 284 g/mol. The summed E-state index contributed by atoms with van der Waals surface area (Å²) in [7, 11) is 1.95. The van der Waals surface area contributed by atoms with Gasteiger partial charge < -0.3 is 5.32 Å². The summed E-state index contributed by atoms with van der Waals surface area (Å²) >= 11 is 8.03. The van der Waals surface area contributed by atoms with Gasteiger partial charge in [0.25, 0.3) is 0 Å². The Bertz CT molecular complexity index is 530. The van der Waals surface area contributed by atoms with Crippen molar-refractivity contribution in [2.24, 2.45) is 0 Å². The Hall–Kier alpha value is -0.840. The van der Waals surface area contributed by atoms with Crippen molar-refractivity contribution in [3.8, 4) is 0 Å². The van der Waals surface area contributed by atoms with Crippen molar-refractivity contribution < 1.29 is 0 Å². The molecule has 2 aromatic rings. The van der Waals surface area contributed by atoms with Gasteiger partial charge >= 0.3 is 0 Å². The lowest BCUT2D eigenvalue weighted by atomic mass is 10.0. The van der Waals surface area contributed by atoms with Crippen LogP contribution >= 0.6 is 22.9 Å². The van der Waals surface area contributed by atoms with Crippen LogP contribution in [0.4, 0.5) is 0 Å². The molecule has 1 unspecified atom stereocenters. The third-order valence-corrected chi connectivity index (χ3v) is 4.22. The molecule has 0 saturated heterocycles. The Morgan fingerprint density at radius 2 is 2.11 bits per heavy atom. The first-order chi connectivity index (χ1) is 8.56. The summed E-state index contributed by atoms with van der Waals surface area (Å²) in [5, 5.41) is 12.8. The first kappa shape index (κ1) is 13.6. The molecule has 0 fully saturated rings. The Labute approximate surface area is 117 Å². The van der Waals surface area contributed by atoms with Crippen LogP contribution in [0.25, 0.3) is 0 Å². The normalized spacial score (nSPS) is 13.2. The zero-order valence-electron chi connectivity index (χ0n) is 11.1. The summed E-state index contributed by atoms with van der Waals surface area (Å²) in [6.07, 6.45) is 1.73. The summed E-state index contributed by atoms with van der Waals surface area (Å²) < 4.78 is 1.99. The molecular weight excluding hydrogens is 266 g/mol. The number of nitrogens with zero attached hydrogens (tertiary/aromatic N) is 2. The highest BCUT2D eigenvalue weighted by atomic mass is 35.5. The van der Waals surface area contributed by atoms with E-state index in [0.29, 0.717) is 11.1 Å². The lowest BCUT2D eigenvalue weighted by Crippen LogP contribution is -2.23. The molecule has 5 heteroatoms. The predicted molar refractivity (Wildman–Crippen MR) is 77.6 cm³/mol. The van der Waals surface area contributed by atoms with E-state index in [1.54, 1.807) is 17.5 Å². The number of halogens is 1. The van der Waals surface area contributed by atoms with Crippen molar-refractivity contribution in [3.63, 3.8) is 0 Å². The van der Waals surface area contributed by atoms with Gasteiger partial charge in [-0.25, -0.2) is 0 Å². The number of aryl methyl sites for hydroxylation is 1. The highest BCUT2D eigenvalue weighted by Crippen LogP contribution is 2.32. The van der Waals surface area contributed by atoms with Crippen LogP contribution in [0, 0.1) is 6.92 Å². The predicted octanol–water partition coefficient (Wildman–Crippen LogP) is 3.80. The van der Waals surface area contributed by atoms with Gasteiger partial charge in [0.05, 0.1) is 23.0 Å². The van der Waals surface area contributed by atoms with Crippen LogP contribution in [-0.2, 0) is 0 Å². The zero-order chi connectivity index (χ0) is 13.3. The van der Waals surface area contributed by atoms with Crippen molar-refractivity contribution in [1.82, 2.24) is 15.1 Å². The van der Waals surface area contributed by atoms with Crippen molar-refractivity contribution in [1.29, 1.82) is 0 Å². The monoisotopic (exact) mass is 283 g/mol. The molecule has 0 amide bonds. The number of thiophene rings is 1. The molecular formula is C13H18ClN3S. The minimum atomic E-state index is 0.0913. The molecule has 0 bridgehead atoms. The summed E-state index contributed by atoms with van der Waals surface area (Å²) in [4.78, 5) is 0. The van der Waals surface area contributed by atoms with Gasteiger partial charge in [-0.3, -0.25) is 4.68 Å². The van der Waals surface area contributed by atoms with E-state index in [-0.39, 0.29) is 6.04 Å². The fourth-order valence-electron chi connectivity index (χ4n) is 2.14. The van der Waals surface area contributed by atoms with Gasteiger partial charge in [-0.2, -0.15) is 16.4 Å². The SMILES string of the molecule is CNC(c1cscc1C)c1c(Cl)cnn1C(C)C. The number of hydrogen-bond acceptors (Lipinski definition) is 3. The molecule has 1 atom stereocenters. The van der Waals surface area contributed by atoms with Crippen LogP contribution in [0.15, 0.2) is 17.0 Å². The van der Waals surface area contributed by atoms with E-state index >= 15 is 0 Å². The molecule has 18 heavy (non-hydrogen) atoms. The summed E-state index contributed by atoms with van der Waals surface area (Å²) in [6.45, 7) is 6.35. The van der Waals surface area contributed by atoms with Gasteiger partial charge in [-0.1, -0.05) is 11.6 Å². The molecule has 1 N–H and O–H groups in total. The molecule has 2 aromatic heterocycles. The lowest BCUT2D eigenvalue weighted by molar-refractivity contribution is 0.484. The smallest absolute Gasteiger partial charge is 0.0837 e. The van der Waals surface area contributed by atoms with Gasteiger partial charge in [-0.05, 0) is 49.7 Å². The van der Waals surface area contributed by atoms with Gasteiger partial charge in [-0.15, -0.1) is 0 Å². The van der Waals surface area contributed by atoms with E-state index in [1.807, 2.05) is 11.7 Å². The minimum Gasteiger partial charge on any atom is -0.308 e. The van der Waals surface area contributed by atoms with Crippen LogP contribution in [0.5, 0.6) is 0 Å². The highest BCUT2D eigenvalue weighted by molar-refractivity contribution is 7.08. The molecule has 3 nitrogen and oxygen atoms in total. The van der Waals surface area contributed by atoms with E-state index in [9.17, 15) is 0 Å². The second-order valence-corrected chi connectivity index (χ2v) is 5.80. The quantitative estimate of drug-likeness (QED) is 0.925. The second-order valence-electron chi connectivity index (χ2n) is 4.65. The van der Waals surface area contributed by atoms with Gasteiger partial charge in [0.15, 0.2) is 0 Å². The van der Waals surface area contributed by atoms with Gasteiger partial charge in [0.2, 0.25) is 0 Å². The molecule has 98 valence electrons. The Kier molecular flexibility index (Phi) is 4.10. The van der Waals surface area contributed by atoms with Crippen molar-refractivity contribution in [3.05, 3.63) is 38.8 Å². The Morgan fingerprint density at radius 1 is 1.39 bits per heavy atom. The lowest BCUT2D eigenvalue weighted by Gasteiger charge is -2.20. The third-order valence-electron chi connectivity index (χ3n) is 3.04. The Morgan fingerprint density at radius 3 is 2.61 bits per heavy atom. The third kappa shape index (κ3) is 2.32. The molecule has 0 aliphatic rings. The van der Waals surface area contributed by atoms with Crippen LogP contribution in [0.3, 0.4) is 0 Å². The first-order valence-corrected chi connectivity index (χ1v) is 7.31. The minimum absolute atomic E-state index is 0.0913. The molecule has 0 saturated carbocycles. The fourth-order valence-corrected chi connectivity index (χ4v) is 3.25. The molecule has 2 rings (SSSR count). The number of hydrogen-bond donors (Lipinski definition) is 1. The largest absolute Gasteiger partial charge is 0.308 e. The van der Waals surface area contributed by atoms with Crippen LogP contribution < -0.4 is 5.32 Å². The molecule has 0 radical (unpaired) electrons. The Balaban J connectivity index is 2.52. The second kappa shape index (κ2) is 5.43. The van der Waals surface area contributed by atoms with Crippen molar-refractivity contribution in [2.45, 2.75) is 32.9 Å². The highest BCUT2D eigenvalue weighted by Gasteiger charge is 2.23. The summed E-state index contributed by atoms with van der Waals surface area (Å²) in [5.74, 6) is 0. The van der Waals surface area contributed by atoms with Crippen molar-refractivity contribution in [2.75, 3.05) is 7.05 Å². The molecule has 0 aliphatic heterocycles. The zero-order valence-corrected chi connectivity index (χ0v) is 12.6. The number of rotatable bonds is 4. The van der Waals surface area contributed by atoms with E-state index in [1.165, 1.54) is 11.1 Å². The summed E-state index contributed by atoms with van der Waals surface area (Å²) in [5.41, 5.74) is 3.59. The van der Waals surface area contributed by atoms with Gasteiger partial charge in [0.1, 0.15) is 0 Å². The summed E-state index contributed by atoms with van der Waals surface area (Å²) in [6, 6.07) is 0.385. The first-order valence-electron chi connectivity index (χ1n) is 5.99. The van der Waals surface area contributed by atoms with Crippen LogP contribution in [-0.4, -0.2) is 16.8 Å². The van der Waals surface area contributed by atoms with Crippen LogP contribution in [0.2, 0.25) is 5.02 Å².